The zero-order chi connectivity index (χ0) is 13.9. The van der Waals surface area contributed by atoms with Crippen molar-refractivity contribution in [3.63, 3.8) is 0 Å². The van der Waals surface area contributed by atoms with Crippen molar-refractivity contribution in [2.45, 2.75) is 51.0 Å². The van der Waals surface area contributed by atoms with E-state index in [9.17, 15) is 13.5 Å². The van der Waals surface area contributed by atoms with Crippen LogP contribution in [0.15, 0.2) is 0 Å². The summed E-state index contributed by atoms with van der Waals surface area (Å²) < 4.78 is 23.5. The predicted molar refractivity (Wildman–Crippen MR) is 76.9 cm³/mol. The summed E-state index contributed by atoms with van der Waals surface area (Å²) in [5, 5.41) is 10.6. The summed E-state index contributed by atoms with van der Waals surface area (Å²) in [6, 6.07) is 0. The molecule has 1 aliphatic carbocycles. The Hall–Kier alpha value is -0.130. The van der Waals surface area contributed by atoms with Gasteiger partial charge in [-0.15, -0.1) is 0 Å². The van der Waals surface area contributed by atoms with E-state index < -0.39 is 15.4 Å². The molecule has 5 heteroatoms. The molecule has 2 unspecified atom stereocenters. The second kappa shape index (κ2) is 6.10. The first kappa shape index (κ1) is 15.3. The van der Waals surface area contributed by atoms with Crippen LogP contribution in [-0.2, 0) is 9.84 Å². The van der Waals surface area contributed by atoms with Crippen molar-refractivity contribution in [1.29, 1.82) is 0 Å². The van der Waals surface area contributed by atoms with Gasteiger partial charge < -0.3 is 10.0 Å². The Bertz CT molecular complexity index is 395. The lowest BCUT2D eigenvalue weighted by atomic mass is 9.71. The van der Waals surface area contributed by atoms with Crippen molar-refractivity contribution in [1.82, 2.24) is 4.90 Å². The maximum atomic E-state index is 11.7. The van der Waals surface area contributed by atoms with Crippen molar-refractivity contribution < 1.29 is 13.5 Å². The molecule has 0 amide bonds. The van der Waals surface area contributed by atoms with Crippen molar-refractivity contribution in [2.75, 3.05) is 31.1 Å². The third-order valence-corrected chi connectivity index (χ3v) is 6.58. The molecule has 1 saturated carbocycles. The van der Waals surface area contributed by atoms with Crippen LogP contribution in [0, 0.1) is 5.92 Å². The fourth-order valence-electron chi connectivity index (χ4n) is 3.52. The molecule has 1 N–H and O–H groups in total. The van der Waals surface area contributed by atoms with Gasteiger partial charge in [-0.3, -0.25) is 0 Å². The highest BCUT2D eigenvalue weighted by molar-refractivity contribution is 7.91. The summed E-state index contributed by atoms with van der Waals surface area (Å²) in [6.45, 7) is 4.25. The molecule has 0 aromatic heterocycles. The number of fused-ring (bicyclic) bond motifs is 1. The van der Waals surface area contributed by atoms with Gasteiger partial charge in [0.05, 0.1) is 11.4 Å². The maximum Gasteiger partial charge on any atom is 0.151 e. The average molecular weight is 289 g/mol. The van der Waals surface area contributed by atoms with Gasteiger partial charge in [0.1, 0.15) is 0 Å². The van der Waals surface area contributed by atoms with E-state index in [1.165, 1.54) is 6.42 Å². The van der Waals surface area contributed by atoms with Gasteiger partial charge in [0.15, 0.2) is 9.84 Å². The standard InChI is InChI=1S/C14H27NO3S/c1-2-10-19(17,18)11-9-15-8-7-14(16)6-4-3-5-13(14)12-15/h13,16H,2-12H2,1H3. The lowest BCUT2D eigenvalue weighted by molar-refractivity contribution is -0.0942. The van der Waals surface area contributed by atoms with Gasteiger partial charge in [-0.2, -0.15) is 0 Å². The number of hydrogen-bond acceptors (Lipinski definition) is 4. The Balaban J connectivity index is 1.84. The van der Waals surface area contributed by atoms with E-state index in [1.54, 1.807) is 0 Å². The highest BCUT2D eigenvalue weighted by Gasteiger charge is 2.42. The van der Waals surface area contributed by atoms with Crippen molar-refractivity contribution in [2.24, 2.45) is 5.92 Å². The molecule has 19 heavy (non-hydrogen) atoms. The molecule has 1 saturated heterocycles. The first-order valence-corrected chi connectivity index (χ1v) is 9.42. The Kier molecular flexibility index (Phi) is 4.90. The second-order valence-corrected chi connectivity index (χ2v) is 8.55. The molecule has 2 aliphatic rings. The van der Waals surface area contributed by atoms with Crippen LogP contribution >= 0.6 is 0 Å². The summed E-state index contributed by atoms with van der Waals surface area (Å²) >= 11 is 0. The normalized spacial score (nSPS) is 33.1. The zero-order valence-corrected chi connectivity index (χ0v) is 12.8. The van der Waals surface area contributed by atoms with Gasteiger partial charge in [-0.25, -0.2) is 8.42 Å². The Morgan fingerprint density at radius 1 is 1.26 bits per heavy atom. The number of aliphatic hydroxyl groups is 1. The van der Waals surface area contributed by atoms with Crippen LogP contribution in [0.25, 0.3) is 0 Å². The van der Waals surface area contributed by atoms with E-state index in [0.29, 0.717) is 24.6 Å². The van der Waals surface area contributed by atoms with Gasteiger partial charge in [0.25, 0.3) is 0 Å². The van der Waals surface area contributed by atoms with Crippen LogP contribution < -0.4 is 0 Å². The predicted octanol–water partition coefficient (Wildman–Crippen LogP) is 1.44. The molecule has 2 fully saturated rings. The zero-order valence-electron chi connectivity index (χ0n) is 12.0. The van der Waals surface area contributed by atoms with E-state index in [4.69, 9.17) is 0 Å². The Labute approximate surface area is 117 Å². The minimum Gasteiger partial charge on any atom is -0.390 e. The number of piperidine rings is 1. The van der Waals surface area contributed by atoms with Gasteiger partial charge in [0.2, 0.25) is 0 Å². The quantitative estimate of drug-likeness (QED) is 0.832. The number of sulfone groups is 1. The first-order valence-electron chi connectivity index (χ1n) is 7.60. The molecule has 0 radical (unpaired) electrons. The maximum absolute atomic E-state index is 11.7. The van der Waals surface area contributed by atoms with E-state index in [0.717, 1.165) is 38.8 Å². The van der Waals surface area contributed by atoms with Crippen LogP contribution in [0.1, 0.15) is 45.4 Å². The Morgan fingerprint density at radius 2 is 2.05 bits per heavy atom. The summed E-state index contributed by atoms with van der Waals surface area (Å²) in [5.41, 5.74) is -0.461. The van der Waals surface area contributed by atoms with Gasteiger partial charge >= 0.3 is 0 Å². The lowest BCUT2D eigenvalue weighted by Gasteiger charge is -2.47. The topological polar surface area (TPSA) is 57.6 Å². The molecule has 0 aromatic carbocycles. The van der Waals surface area contributed by atoms with E-state index in [2.05, 4.69) is 4.90 Å². The number of likely N-dealkylation sites (tertiary alicyclic amines) is 1. The monoisotopic (exact) mass is 289 g/mol. The summed E-state index contributed by atoms with van der Waals surface area (Å²) in [6.07, 6.45) is 5.87. The van der Waals surface area contributed by atoms with Crippen molar-refractivity contribution in [3.8, 4) is 0 Å². The molecular weight excluding hydrogens is 262 g/mol. The molecule has 1 aliphatic heterocycles. The molecule has 112 valence electrons. The largest absolute Gasteiger partial charge is 0.390 e. The minimum absolute atomic E-state index is 0.270. The van der Waals surface area contributed by atoms with Gasteiger partial charge in [0, 0.05) is 31.3 Å². The molecule has 2 atom stereocenters. The highest BCUT2D eigenvalue weighted by atomic mass is 32.2. The molecule has 0 spiro atoms. The minimum atomic E-state index is -2.88. The van der Waals surface area contributed by atoms with Crippen molar-refractivity contribution in [3.05, 3.63) is 0 Å². The number of rotatable bonds is 5. The average Bonchev–Trinajstić information content (AvgIpc) is 2.36. The van der Waals surface area contributed by atoms with Gasteiger partial charge in [-0.05, 0) is 25.7 Å². The molecule has 2 rings (SSSR count). The first-order chi connectivity index (χ1) is 8.95. The third kappa shape index (κ3) is 3.92. The van der Waals surface area contributed by atoms with E-state index in [-0.39, 0.29) is 5.75 Å². The van der Waals surface area contributed by atoms with E-state index in [1.807, 2.05) is 6.92 Å². The summed E-state index contributed by atoms with van der Waals surface area (Å²) in [5.74, 6) is 0.920. The van der Waals surface area contributed by atoms with Crippen LogP contribution in [0.5, 0.6) is 0 Å². The Morgan fingerprint density at radius 3 is 2.79 bits per heavy atom. The fourth-order valence-corrected chi connectivity index (χ4v) is 4.89. The molecule has 1 heterocycles. The molecular formula is C14H27NO3S. The van der Waals surface area contributed by atoms with Crippen molar-refractivity contribution >= 4 is 9.84 Å². The lowest BCUT2D eigenvalue weighted by Crippen LogP contribution is -2.53. The molecule has 0 aromatic rings. The SMILES string of the molecule is CCCS(=O)(=O)CCN1CCC2(O)CCCCC2C1. The number of hydrogen-bond donors (Lipinski definition) is 1. The van der Waals surface area contributed by atoms with Crippen LogP contribution in [0.2, 0.25) is 0 Å². The molecule has 0 bridgehead atoms. The van der Waals surface area contributed by atoms with Crippen LogP contribution in [-0.4, -0.2) is 55.2 Å². The molecule has 4 nitrogen and oxygen atoms in total. The van der Waals surface area contributed by atoms with Crippen LogP contribution in [0.4, 0.5) is 0 Å². The highest BCUT2D eigenvalue weighted by Crippen LogP contribution is 2.39. The number of nitrogens with zero attached hydrogens (tertiary/aromatic N) is 1. The smallest absolute Gasteiger partial charge is 0.151 e. The fraction of sp³-hybridized carbons (Fsp3) is 1.00. The third-order valence-electron chi connectivity index (χ3n) is 4.75. The van der Waals surface area contributed by atoms with Gasteiger partial charge in [-0.1, -0.05) is 19.8 Å². The summed E-state index contributed by atoms with van der Waals surface area (Å²) in [4.78, 5) is 2.23. The second-order valence-electron chi connectivity index (χ2n) is 6.25. The van der Waals surface area contributed by atoms with E-state index >= 15 is 0 Å². The van der Waals surface area contributed by atoms with Crippen LogP contribution in [0.3, 0.4) is 0 Å². The summed E-state index contributed by atoms with van der Waals surface area (Å²) in [7, 11) is -2.88.